The summed E-state index contributed by atoms with van der Waals surface area (Å²) in [6, 6.07) is 6.44. The van der Waals surface area contributed by atoms with Gasteiger partial charge in [-0.3, -0.25) is 14.9 Å². The Morgan fingerprint density at radius 2 is 1.93 bits per heavy atom. The first-order valence-corrected chi connectivity index (χ1v) is 7.68. The summed E-state index contributed by atoms with van der Waals surface area (Å²) in [6.07, 6.45) is -4.94. The number of hydrogen-bond donors (Lipinski definition) is 2. The van der Waals surface area contributed by atoms with Crippen molar-refractivity contribution in [3.63, 3.8) is 0 Å². The highest BCUT2D eigenvalue weighted by atomic mass is 19.4. The van der Waals surface area contributed by atoms with Crippen LogP contribution in [0.5, 0.6) is 0 Å². The molecule has 8 nitrogen and oxygen atoms in total. The van der Waals surface area contributed by atoms with E-state index in [1.165, 1.54) is 6.07 Å². The number of nitrogens with two attached hydrogens (primary N) is 1. The van der Waals surface area contributed by atoms with Gasteiger partial charge in [0.25, 0.3) is 11.6 Å². The Bertz CT molecular complexity index is 944. The average molecular weight is 397 g/mol. The molecule has 1 amide bonds. The van der Waals surface area contributed by atoms with E-state index in [-0.39, 0.29) is 11.3 Å². The standard InChI is InChI=1S/C17H14F3N3O5/c1-9-3-2-4-11(15(9)21)16(25)28-8-14(24)22-13-6-5-10(23(26)27)7-12(13)17(18,19)20/h2-7H,8,21H2,1H3,(H,22,24). The summed E-state index contributed by atoms with van der Waals surface area (Å²) in [7, 11) is 0. The molecule has 0 fully saturated rings. The predicted molar refractivity (Wildman–Crippen MR) is 92.6 cm³/mol. The molecule has 0 unspecified atom stereocenters. The van der Waals surface area contributed by atoms with Crippen molar-refractivity contribution in [2.45, 2.75) is 13.1 Å². The number of carbonyl (C=O) groups is 2. The molecule has 148 valence electrons. The van der Waals surface area contributed by atoms with E-state index in [4.69, 9.17) is 10.5 Å². The van der Waals surface area contributed by atoms with Gasteiger partial charge in [0.2, 0.25) is 0 Å². The minimum absolute atomic E-state index is 0.0131. The molecule has 2 aromatic rings. The van der Waals surface area contributed by atoms with Gasteiger partial charge in [-0.25, -0.2) is 4.79 Å². The van der Waals surface area contributed by atoms with E-state index in [2.05, 4.69) is 0 Å². The van der Waals surface area contributed by atoms with Crippen LogP contribution in [0.3, 0.4) is 0 Å². The van der Waals surface area contributed by atoms with E-state index in [9.17, 15) is 32.9 Å². The second-order valence-electron chi connectivity index (χ2n) is 5.65. The number of para-hydroxylation sites is 1. The molecule has 0 radical (unpaired) electrons. The number of anilines is 2. The number of aryl methyl sites for hydroxylation is 1. The molecule has 0 spiro atoms. The number of carbonyl (C=O) groups excluding carboxylic acids is 2. The quantitative estimate of drug-likeness (QED) is 0.345. The van der Waals surface area contributed by atoms with E-state index in [0.29, 0.717) is 11.6 Å². The summed E-state index contributed by atoms with van der Waals surface area (Å²) in [5.74, 6) is -1.98. The van der Waals surface area contributed by atoms with Gasteiger partial charge >= 0.3 is 12.1 Å². The van der Waals surface area contributed by atoms with Crippen LogP contribution in [0.4, 0.5) is 30.2 Å². The summed E-state index contributed by atoms with van der Waals surface area (Å²) in [5, 5.41) is 12.6. The number of alkyl halides is 3. The molecule has 11 heteroatoms. The first-order valence-electron chi connectivity index (χ1n) is 7.68. The highest BCUT2D eigenvalue weighted by Gasteiger charge is 2.35. The Morgan fingerprint density at radius 1 is 1.25 bits per heavy atom. The fourth-order valence-corrected chi connectivity index (χ4v) is 2.24. The van der Waals surface area contributed by atoms with Gasteiger partial charge in [-0.1, -0.05) is 12.1 Å². The summed E-state index contributed by atoms with van der Waals surface area (Å²) in [4.78, 5) is 33.5. The van der Waals surface area contributed by atoms with Gasteiger partial charge in [0.15, 0.2) is 6.61 Å². The third-order valence-corrected chi connectivity index (χ3v) is 3.67. The van der Waals surface area contributed by atoms with Crippen LogP contribution in [0.2, 0.25) is 0 Å². The molecule has 0 bridgehead atoms. The van der Waals surface area contributed by atoms with Gasteiger partial charge in [0.1, 0.15) is 0 Å². The number of nitrogen functional groups attached to an aromatic ring is 1. The zero-order chi connectivity index (χ0) is 21.1. The molecule has 0 atom stereocenters. The monoisotopic (exact) mass is 397 g/mol. The number of benzene rings is 2. The SMILES string of the molecule is Cc1cccc(C(=O)OCC(=O)Nc2ccc([N+](=O)[O-])cc2C(F)(F)F)c1N. The van der Waals surface area contributed by atoms with E-state index in [1.807, 2.05) is 5.32 Å². The smallest absolute Gasteiger partial charge is 0.418 e. The summed E-state index contributed by atoms with van der Waals surface area (Å²) < 4.78 is 44.0. The topological polar surface area (TPSA) is 125 Å². The van der Waals surface area contributed by atoms with Gasteiger partial charge < -0.3 is 15.8 Å². The Morgan fingerprint density at radius 3 is 2.54 bits per heavy atom. The number of hydrogen-bond acceptors (Lipinski definition) is 6. The molecule has 2 rings (SSSR count). The van der Waals surface area contributed by atoms with E-state index < -0.39 is 46.5 Å². The fourth-order valence-electron chi connectivity index (χ4n) is 2.24. The molecule has 0 aliphatic carbocycles. The van der Waals surface area contributed by atoms with E-state index in [0.717, 1.165) is 12.1 Å². The Balaban J connectivity index is 2.12. The number of nitro groups is 1. The highest BCUT2D eigenvalue weighted by Crippen LogP contribution is 2.37. The maximum Gasteiger partial charge on any atom is 0.418 e. The van der Waals surface area contributed by atoms with Gasteiger partial charge in [-0.15, -0.1) is 0 Å². The highest BCUT2D eigenvalue weighted by molar-refractivity contribution is 5.98. The molecule has 0 saturated heterocycles. The molecule has 0 aliphatic rings. The van der Waals surface area contributed by atoms with Crippen LogP contribution in [0.1, 0.15) is 21.5 Å². The van der Waals surface area contributed by atoms with Crippen molar-refractivity contribution in [2.24, 2.45) is 0 Å². The van der Waals surface area contributed by atoms with E-state index >= 15 is 0 Å². The number of non-ortho nitro benzene ring substituents is 1. The van der Waals surface area contributed by atoms with Crippen molar-refractivity contribution in [2.75, 3.05) is 17.7 Å². The lowest BCUT2D eigenvalue weighted by atomic mass is 10.1. The lowest BCUT2D eigenvalue weighted by Crippen LogP contribution is -2.23. The lowest BCUT2D eigenvalue weighted by Gasteiger charge is -2.14. The zero-order valence-corrected chi connectivity index (χ0v) is 14.4. The van der Waals surface area contributed by atoms with Gasteiger partial charge in [0, 0.05) is 17.8 Å². The maximum absolute atomic E-state index is 13.1. The van der Waals surface area contributed by atoms with Crippen LogP contribution in [-0.4, -0.2) is 23.4 Å². The number of ether oxygens (including phenoxy) is 1. The number of rotatable bonds is 5. The molecule has 0 aromatic heterocycles. The maximum atomic E-state index is 13.1. The molecule has 0 saturated carbocycles. The van der Waals surface area contributed by atoms with Gasteiger partial charge in [-0.05, 0) is 24.6 Å². The third-order valence-electron chi connectivity index (χ3n) is 3.67. The number of nitrogens with one attached hydrogen (secondary N) is 1. The molecular weight excluding hydrogens is 383 g/mol. The van der Waals surface area contributed by atoms with Crippen molar-refractivity contribution in [3.05, 3.63) is 63.2 Å². The molecule has 0 aliphatic heterocycles. The third kappa shape index (κ3) is 4.75. The molecular formula is C17H14F3N3O5. The number of halogens is 3. The number of nitro benzene ring substituents is 1. The lowest BCUT2D eigenvalue weighted by molar-refractivity contribution is -0.385. The van der Waals surface area contributed by atoms with Crippen LogP contribution in [0.25, 0.3) is 0 Å². The van der Waals surface area contributed by atoms with Gasteiger partial charge in [-0.2, -0.15) is 13.2 Å². The normalized spacial score (nSPS) is 11.0. The summed E-state index contributed by atoms with van der Waals surface area (Å²) in [6.45, 7) is 0.784. The van der Waals surface area contributed by atoms with Crippen molar-refractivity contribution in [1.29, 1.82) is 0 Å². The molecule has 28 heavy (non-hydrogen) atoms. The number of esters is 1. The average Bonchev–Trinajstić information content (AvgIpc) is 2.61. The van der Waals surface area contributed by atoms with Crippen molar-refractivity contribution in [3.8, 4) is 0 Å². The molecule has 3 N–H and O–H groups in total. The second-order valence-corrected chi connectivity index (χ2v) is 5.65. The predicted octanol–water partition coefficient (Wildman–Crippen LogP) is 3.30. The Labute approximate surface area is 156 Å². The van der Waals surface area contributed by atoms with Crippen LogP contribution in [0, 0.1) is 17.0 Å². The largest absolute Gasteiger partial charge is 0.452 e. The summed E-state index contributed by atoms with van der Waals surface area (Å²) >= 11 is 0. The summed E-state index contributed by atoms with van der Waals surface area (Å²) in [5.41, 5.74) is 3.63. The molecule has 0 heterocycles. The van der Waals surface area contributed by atoms with Crippen molar-refractivity contribution < 1.29 is 32.4 Å². The fraction of sp³-hybridized carbons (Fsp3) is 0.176. The minimum atomic E-state index is -4.94. The number of nitrogens with zero attached hydrogens (tertiary/aromatic N) is 1. The Kier molecular flexibility index (Phi) is 5.87. The van der Waals surface area contributed by atoms with Gasteiger partial charge in [0.05, 0.1) is 21.7 Å². The molecule has 2 aromatic carbocycles. The minimum Gasteiger partial charge on any atom is -0.452 e. The first-order chi connectivity index (χ1) is 13.0. The number of amides is 1. The zero-order valence-electron chi connectivity index (χ0n) is 14.4. The van der Waals surface area contributed by atoms with Crippen LogP contribution in [-0.2, 0) is 15.7 Å². The Hall–Kier alpha value is -3.63. The van der Waals surface area contributed by atoms with Crippen LogP contribution < -0.4 is 11.1 Å². The van der Waals surface area contributed by atoms with Crippen LogP contribution >= 0.6 is 0 Å². The van der Waals surface area contributed by atoms with Crippen molar-refractivity contribution in [1.82, 2.24) is 0 Å². The second kappa shape index (κ2) is 7.94. The first kappa shape index (κ1) is 20.7. The van der Waals surface area contributed by atoms with Crippen molar-refractivity contribution >= 4 is 28.9 Å². The van der Waals surface area contributed by atoms with Crippen LogP contribution in [0.15, 0.2) is 36.4 Å². The van der Waals surface area contributed by atoms with E-state index in [1.54, 1.807) is 19.1 Å².